The number of carbonyl (C=O) groups is 1. The van der Waals surface area contributed by atoms with E-state index in [9.17, 15) is 9.90 Å². The number of rotatable bonds is 2. The van der Waals surface area contributed by atoms with Gasteiger partial charge in [-0.2, -0.15) is 11.8 Å². The molecule has 0 aromatic heterocycles. The van der Waals surface area contributed by atoms with Crippen LogP contribution in [0.5, 0.6) is 0 Å². The Morgan fingerprint density at radius 3 is 2.50 bits per heavy atom. The molecule has 2 aliphatic heterocycles. The lowest BCUT2D eigenvalue weighted by Crippen LogP contribution is -2.48. The van der Waals surface area contributed by atoms with Gasteiger partial charge in [0.2, 0.25) is 0 Å². The van der Waals surface area contributed by atoms with Gasteiger partial charge >= 0.3 is 5.97 Å². The van der Waals surface area contributed by atoms with Crippen LogP contribution in [0.15, 0.2) is 0 Å². The van der Waals surface area contributed by atoms with Crippen LogP contribution in [0.1, 0.15) is 57.8 Å². The minimum atomic E-state index is -0.535. The average Bonchev–Trinajstić information content (AvgIpc) is 2.75. The largest absolute Gasteiger partial charge is 0.481 e. The summed E-state index contributed by atoms with van der Waals surface area (Å²) in [7, 11) is 0. The molecule has 2 atom stereocenters. The van der Waals surface area contributed by atoms with Crippen molar-refractivity contribution in [1.82, 2.24) is 0 Å². The van der Waals surface area contributed by atoms with E-state index in [2.05, 4.69) is 0 Å². The summed E-state index contributed by atoms with van der Waals surface area (Å²) in [5.41, 5.74) is -0.455. The van der Waals surface area contributed by atoms with Crippen molar-refractivity contribution in [1.29, 1.82) is 0 Å². The third-order valence-corrected chi connectivity index (χ3v) is 6.99. The zero-order chi connectivity index (χ0) is 14.1. The first-order valence-electron chi connectivity index (χ1n) is 8.12. The van der Waals surface area contributed by atoms with Crippen LogP contribution in [0.2, 0.25) is 0 Å². The van der Waals surface area contributed by atoms with Gasteiger partial charge in [-0.3, -0.25) is 4.79 Å². The highest BCUT2D eigenvalue weighted by Gasteiger charge is 2.51. The average molecular weight is 298 g/mol. The molecule has 0 amide bonds. The van der Waals surface area contributed by atoms with E-state index in [4.69, 9.17) is 4.74 Å². The maximum absolute atomic E-state index is 12.1. The Morgan fingerprint density at radius 1 is 1.15 bits per heavy atom. The van der Waals surface area contributed by atoms with Gasteiger partial charge < -0.3 is 9.84 Å². The van der Waals surface area contributed by atoms with Crippen LogP contribution >= 0.6 is 11.8 Å². The lowest BCUT2D eigenvalue weighted by molar-refractivity contribution is -0.163. The summed E-state index contributed by atoms with van der Waals surface area (Å²) in [6, 6.07) is 0. The van der Waals surface area contributed by atoms with Crippen molar-refractivity contribution < 1.29 is 14.6 Å². The van der Waals surface area contributed by atoms with Crippen LogP contribution in [-0.2, 0) is 9.53 Å². The molecule has 1 N–H and O–H groups in total. The normalized spacial score (nSPS) is 37.7. The molecular formula is C16H26O3S. The van der Waals surface area contributed by atoms with Gasteiger partial charge in [0.25, 0.3) is 0 Å². The van der Waals surface area contributed by atoms with Crippen LogP contribution < -0.4 is 0 Å². The Balaban J connectivity index is 1.81. The predicted molar refractivity (Wildman–Crippen MR) is 81.1 cm³/mol. The molecule has 1 spiro atoms. The quantitative estimate of drug-likeness (QED) is 0.789. The highest BCUT2D eigenvalue weighted by atomic mass is 32.2. The minimum Gasteiger partial charge on any atom is -0.481 e. The van der Waals surface area contributed by atoms with Crippen molar-refractivity contribution in [2.24, 2.45) is 11.3 Å². The summed E-state index contributed by atoms with van der Waals surface area (Å²) in [5, 5.41) is 9.95. The monoisotopic (exact) mass is 298 g/mol. The highest BCUT2D eigenvalue weighted by Crippen LogP contribution is 2.51. The molecule has 3 aliphatic rings. The molecule has 1 saturated carbocycles. The van der Waals surface area contributed by atoms with Crippen molar-refractivity contribution in [2.75, 3.05) is 18.1 Å². The summed E-state index contributed by atoms with van der Waals surface area (Å²) in [6.45, 7) is 0.764. The zero-order valence-electron chi connectivity index (χ0n) is 12.2. The third-order valence-electron chi connectivity index (χ3n) is 5.76. The summed E-state index contributed by atoms with van der Waals surface area (Å²) in [6.07, 6.45) is 9.40. The Labute approximate surface area is 125 Å². The molecule has 3 nitrogen and oxygen atoms in total. The first kappa shape index (κ1) is 14.7. The van der Waals surface area contributed by atoms with Gasteiger partial charge in [-0.1, -0.05) is 25.7 Å². The molecule has 3 rings (SSSR count). The van der Waals surface area contributed by atoms with Gasteiger partial charge in [-0.05, 0) is 43.8 Å². The van der Waals surface area contributed by atoms with E-state index < -0.39 is 11.4 Å². The van der Waals surface area contributed by atoms with Crippen molar-refractivity contribution in [3.8, 4) is 0 Å². The van der Waals surface area contributed by atoms with Gasteiger partial charge in [0.15, 0.2) is 0 Å². The first-order chi connectivity index (χ1) is 9.67. The van der Waals surface area contributed by atoms with E-state index in [1.54, 1.807) is 0 Å². The molecular weight excluding hydrogens is 272 g/mol. The number of ether oxygens (including phenoxy) is 1. The third kappa shape index (κ3) is 2.61. The lowest BCUT2D eigenvalue weighted by Gasteiger charge is -2.45. The van der Waals surface area contributed by atoms with E-state index in [0.29, 0.717) is 5.92 Å². The molecule has 3 fully saturated rings. The molecule has 2 unspecified atom stereocenters. The molecule has 20 heavy (non-hydrogen) atoms. The van der Waals surface area contributed by atoms with Gasteiger partial charge in [0.05, 0.1) is 11.0 Å². The number of carboxylic acid groups (broad SMARTS) is 1. The summed E-state index contributed by atoms with van der Waals surface area (Å²) >= 11 is 1.97. The fourth-order valence-electron chi connectivity index (χ4n) is 4.52. The van der Waals surface area contributed by atoms with Crippen LogP contribution in [0.3, 0.4) is 0 Å². The molecule has 4 heteroatoms. The smallest absolute Gasteiger partial charge is 0.309 e. The van der Waals surface area contributed by atoms with Crippen LogP contribution in [0.25, 0.3) is 0 Å². The van der Waals surface area contributed by atoms with Gasteiger partial charge in [-0.25, -0.2) is 0 Å². The SMILES string of the molecule is O=C(O)C1(C2CCOC3(CCSC3)C2)CCCCCC1. The molecule has 2 heterocycles. The van der Waals surface area contributed by atoms with Gasteiger partial charge in [0, 0.05) is 12.4 Å². The summed E-state index contributed by atoms with van der Waals surface area (Å²) < 4.78 is 6.09. The Bertz CT molecular complexity index is 355. The number of thioether (sulfide) groups is 1. The Morgan fingerprint density at radius 2 is 1.90 bits per heavy atom. The van der Waals surface area contributed by atoms with Gasteiger partial charge in [-0.15, -0.1) is 0 Å². The number of carboxylic acids is 1. The predicted octanol–water partition coefficient (Wildman–Crippen LogP) is 3.71. The Kier molecular flexibility index (Phi) is 4.32. The van der Waals surface area contributed by atoms with Crippen molar-refractivity contribution in [3.63, 3.8) is 0 Å². The fourth-order valence-corrected chi connectivity index (χ4v) is 5.90. The maximum atomic E-state index is 12.1. The molecule has 114 valence electrons. The highest BCUT2D eigenvalue weighted by molar-refractivity contribution is 7.99. The second-order valence-corrected chi connectivity index (χ2v) is 8.00. The van der Waals surface area contributed by atoms with E-state index in [1.807, 2.05) is 11.8 Å². The first-order valence-corrected chi connectivity index (χ1v) is 9.28. The zero-order valence-corrected chi connectivity index (χ0v) is 13.1. The van der Waals surface area contributed by atoms with Crippen LogP contribution in [0.4, 0.5) is 0 Å². The maximum Gasteiger partial charge on any atom is 0.309 e. The van der Waals surface area contributed by atoms with Crippen LogP contribution in [0, 0.1) is 11.3 Å². The lowest BCUT2D eigenvalue weighted by atomic mass is 9.64. The molecule has 0 aromatic carbocycles. The molecule has 2 saturated heterocycles. The van der Waals surface area contributed by atoms with E-state index in [1.165, 1.54) is 18.6 Å². The minimum absolute atomic E-state index is 0.00232. The van der Waals surface area contributed by atoms with Crippen molar-refractivity contribution in [3.05, 3.63) is 0 Å². The topological polar surface area (TPSA) is 46.5 Å². The summed E-state index contributed by atoms with van der Waals surface area (Å²) in [4.78, 5) is 12.1. The summed E-state index contributed by atoms with van der Waals surface area (Å²) in [5.74, 6) is 2.03. The van der Waals surface area contributed by atoms with E-state index >= 15 is 0 Å². The molecule has 1 aliphatic carbocycles. The standard InChI is InChI=1S/C16H26O3S/c17-14(18)16(6-3-1-2-4-7-16)13-5-9-19-15(11-13)8-10-20-12-15/h13H,1-12H2,(H,17,18). The van der Waals surface area contributed by atoms with E-state index in [-0.39, 0.29) is 5.60 Å². The van der Waals surface area contributed by atoms with Crippen molar-refractivity contribution >= 4 is 17.7 Å². The number of aliphatic carboxylic acids is 1. The number of hydrogen-bond donors (Lipinski definition) is 1. The number of hydrogen-bond acceptors (Lipinski definition) is 3. The second kappa shape index (κ2) is 5.88. The second-order valence-electron chi connectivity index (χ2n) is 6.90. The Hall–Kier alpha value is -0.220. The molecule has 0 aromatic rings. The van der Waals surface area contributed by atoms with Crippen molar-refractivity contribution in [2.45, 2.75) is 63.4 Å². The molecule has 0 radical (unpaired) electrons. The van der Waals surface area contributed by atoms with Gasteiger partial charge in [0.1, 0.15) is 0 Å². The van der Waals surface area contributed by atoms with Crippen LogP contribution in [-0.4, -0.2) is 34.8 Å². The fraction of sp³-hybridized carbons (Fsp3) is 0.938. The molecule has 0 bridgehead atoms. The van der Waals surface area contributed by atoms with E-state index in [0.717, 1.165) is 57.3 Å².